The van der Waals surface area contributed by atoms with Crippen molar-refractivity contribution in [2.45, 2.75) is 39.2 Å². The van der Waals surface area contributed by atoms with Gasteiger partial charge in [-0.3, -0.25) is 9.59 Å². The summed E-state index contributed by atoms with van der Waals surface area (Å²) in [5.41, 5.74) is 0.698. The number of amides is 1. The van der Waals surface area contributed by atoms with Crippen LogP contribution in [-0.2, 0) is 11.2 Å². The molecule has 0 aliphatic heterocycles. The van der Waals surface area contributed by atoms with Crippen LogP contribution in [0.15, 0.2) is 0 Å². The van der Waals surface area contributed by atoms with Crippen molar-refractivity contribution < 1.29 is 14.7 Å². The Kier molecular flexibility index (Phi) is 4.14. The molecule has 1 aromatic rings. The lowest BCUT2D eigenvalue weighted by Gasteiger charge is -2.23. The monoisotopic (exact) mass is 283 g/mol. The molecule has 1 unspecified atom stereocenters. The van der Waals surface area contributed by atoms with Gasteiger partial charge in [-0.1, -0.05) is 18.3 Å². The van der Waals surface area contributed by atoms with Gasteiger partial charge in [0.05, 0.1) is 11.6 Å². The number of carboxylic acid groups (broad SMARTS) is 1. The highest BCUT2D eigenvalue weighted by Gasteiger charge is 2.36. The van der Waals surface area contributed by atoms with E-state index in [1.54, 1.807) is 11.8 Å². The number of hydrogen-bond donors (Lipinski definition) is 1. The number of rotatable bonds is 6. The molecule has 0 saturated heterocycles. The quantitative estimate of drug-likeness (QED) is 0.853. The summed E-state index contributed by atoms with van der Waals surface area (Å²) in [6, 6.07) is 0.182. The first-order chi connectivity index (χ1) is 9.04. The summed E-state index contributed by atoms with van der Waals surface area (Å²) in [5, 5.41) is 12.9. The zero-order valence-corrected chi connectivity index (χ0v) is 11.8. The Balaban J connectivity index is 2.15. The molecule has 0 aromatic carbocycles. The zero-order chi connectivity index (χ0) is 14.0. The van der Waals surface area contributed by atoms with Crippen molar-refractivity contribution in [2.75, 3.05) is 6.54 Å². The van der Waals surface area contributed by atoms with Gasteiger partial charge in [0, 0.05) is 12.6 Å². The van der Waals surface area contributed by atoms with E-state index in [-0.39, 0.29) is 18.5 Å². The van der Waals surface area contributed by atoms with E-state index in [9.17, 15) is 9.59 Å². The van der Waals surface area contributed by atoms with E-state index in [2.05, 4.69) is 9.59 Å². The van der Waals surface area contributed by atoms with Gasteiger partial charge in [0.15, 0.2) is 0 Å². The van der Waals surface area contributed by atoms with Crippen molar-refractivity contribution in [3.63, 3.8) is 0 Å². The average molecular weight is 283 g/mol. The third-order valence-electron chi connectivity index (χ3n) is 3.23. The van der Waals surface area contributed by atoms with Gasteiger partial charge in [-0.15, -0.1) is 5.10 Å². The number of aromatic nitrogens is 2. The molecular formula is C12H17N3O3S. The SMILES string of the molecule is CCc1nnsc1C(=O)N(CC(C)C(=O)O)C1CC1. The highest BCUT2D eigenvalue weighted by molar-refractivity contribution is 7.08. The molecule has 1 N–H and O–H groups in total. The van der Waals surface area contributed by atoms with Gasteiger partial charge in [0.2, 0.25) is 0 Å². The molecule has 0 spiro atoms. The van der Waals surface area contributed by atoms with Crippen LogP contribution in [0.25, 0.3) is 0 Å². The normalized spacial score (nSPS) is 16.1. The smallest absolute Gasteiger partial charge is 0.308 e. The number of carbonyl (C=O) groups excluding carboxylic acids is 1. The second-order valence-electron chi connectivity index (χ2n) is 4.83. The second-order valence-corrected chi connectivity index (χ2v) is 5.58. The molecule has 19 heavy (non-hydrogen) atoms. The standard InChI is InChI=1S/C12H17N3O3S/c1-3-9-10(19-14-13-9)11(16)15(8-4-5-8)6-7(2)12(17)18/h7-8H,3-6H2,1-2H3,(H,17,18). The Labute approximate surface area is 115 Å². The second kappa shape index (κ2) is 5.64. The summed E-state index contributed by atoms with van der Waals surface area (Å²) in [4.78, 5) is 25.7. The molecule has 1 atom stereocenters. The van der Waals surface area contributed by atoms with E-state index in [4.69, 9.17) is 5.11 Å². The molecule has 0 bridgehead atoms. The summed E-state index contributed by atoms with van der Waals surface area (Å²) in [7, 11) is 0. The molecule has 1 aromatic heterocycles. The van der Waals surface area contributed by atoms with Gasteiger partial charge in [-0.05, 0) is 30.8 Å². The van der Waals surface area contributed by atoms with E-state index in [0.717, 1.165) is 24.4 Å². The maximum atomic E-state index is 12.5. The topological polar surface area (TPSA) is 83.4 Å². The van der Waals surface area contributed by atoms with Gasteiger partial charge in [0.25, 0.3) is 5.91 Å². The van der Waals surface area contributed by atoms with Gasteiger partial charge in [-0.2, -0.15) is 0 Å². The van der Waals surface area contributed by atoms with Crippen molar-refractivity contribution in [1.29, 1.82) is 0 Å². The van der Waals surface area contributed by atoms with Crippen LogP contribution >= 0.6 is 11.5 Å². The molecule has 0 radical (unpaired) electrons. The molecule has 104 valence electrons. The molecule has 1 fully saturated rings. The lowest BCUT2D eigenvalue weighted by Crippen LogP contribution is -2.38. The van der Waals surface area contributed by atoms with Crippen LogP contribution in [0, 0.1) is 5.92 Å². The van der Waals surface area contributed by atoms with E-state index in [1.807, 2.05) is 6.92 Å². The Morgan fingerprint density at radius 3 is 2.74 bits per heavy atom. The maximum absolute atomic E-state index is 12.5. The minimum absolute atomic E-state index is 0.123. The molecule has 1 heterocycles. The Bertz CT molecular complexity index is 484. The summed E-state index contributed by atoms with van der Waals surface area (Å²) >= 11 is 1.09. The minimum atomic E-state index is -0.878. The summed E-state index contributed by atoms with van der Waals surface area (Å²) < 4.78 is 3.82. The lowest BCUT2D eigenvalue weighted by molar-refractivity contribution is -0.141. The molecule has 1 saturated carbocycles. The van der Waals surface area contributed by atoms with E-state index in [1.165, 1.54) is 0 Å². The number of carbonyl (C=O) groups is 2. The fraction of sp³-hybridized carbons (Fsp3) is 0.667. The lowest BCUT2D eigenvalue weighted by atomic mass is 10.1. The molecule has 1 aliphatic rings. The van der Waals surface area contributed by atoms with E-state index >= 15 is 0 Å². The Morgan fingerprint density at radius 2 is 2.21 bits per heavy atom. The molecule has 1 amide bonds. The molecule has 6 nitrogen and oxygen atoms in total. The highest BCUT2D eigenvalue weighted by atomic mass is 32.1. The van der Waals surface area contributed by atoms with Crippen molar-refractivity contribution in [2.24, 2.45) is 5.92 Å². The van der Waals surface area contributed by atoms with Gasteiger partial charge in [0.1, 0.15) is 4.88 Å². The predicted octanol–water partition coefficient (Wildman–Crippen LogP) is 1.43. The van der Waals surface area contributed by atoms with Crippen LogP contribution in [0.1, 0.15) is 42.1 Å². The summed E-state index contributed by atoms with van der Waals surface area (Å²) in [5.74, 6) is -1.56. The fourth-order valence-corrected chi connectivity index (χ4v) is 2.60. The van der Waals surface area contributed by atoms with Crippen LogP contribution in [0.4, 0.5) is 0 Å². The fourth-order valence-electron chi connectivity index (χ4n) is 1.89. The highest BCUT2D eigenvalue weighted by Crippen LogP contribution is 2.30. The van der Waals surface area contributed by atoms with Crippen LogP contribution in [0.5, 0.6) is 0 Å². The Morgan fingerprint density at radius 1 is 1.53 bits per heavy atom. The number of hydrogen-bond acceptors (Lipinski definition) is 5. The van der Waals surface area contributed by atoms with Gasteiger partial charge in [-0.25, -0.2) is 0 Å². The van der Waals surface area contributed by atoms with E-state index in [0.29, 0.717) is 17.0 Å². The summed E-state index contributed by atoms with van der Waals surface area (Å²) in [6.45, 7) is 3.80. The van der Waals surface area contributed by atoms with E-state index < -0.39 is 11.9 Å². The first-order valence-corrected chi connectivity index (χ1v) is 7.17. The van der Waals surface area contributed by atoms with Crippen molar-refractivity contribution >= 4 is 23.4 Å². The maximum Gasteiger partial charge on any atom is 0.308 e. The van der Waals surface area contributed by atoms with Crippen LogP contribution < -0.4 is 0 Å². The molecular weight excluding hydrogens is 266 g/mol. The van der Waals surface area contributed by atoms with Gasteiger partial charge >= 0.3 is 5.97 Å². The first-order valence-electron chi connectivity index (χ1n) is 6.39. The van der Waals surface area contributed by atoms with Crippen LogP contribution in [0.2, 0.25) is 0 Å². The van der Waals surface area contributed by atoms with Crippen molar-refractivity contribution in [3.8, 4) is 0 Å². The van der Waals surface area contributed by atoms with Crippen LogP contribution in [0.3, 0.4) is 0 Å². The van der Waals surface area contributed by atoms with Crippen molar-refractivity contribution in [1.82, 2.24) is 14.5 Å². The molecule has 7 heteroatoms. The number of nitrogens with zero attached hydrogens (tertiary/aromatic N) is 3. The third kappa shape index (κ3) is 3.09. The Hall–Kier alpha value is -1.50. The number of aliphatic carboxylic acids is 1. The average Bonchev–Trinajstić information content (AvgIpc) is 3.11. The van der Waals surface area contributed by atoms with Gasteiger partial charge < -0.3 is 10.0 Å². The first kappa shape index (κ1) is 13.9. The summed E-state index contributed by atoms with van der Waals surface area (Å²) in [6.07, 6.45) is 2.56. The predicted molar refractivity (Wildman–Crippen MR) is 70.1 cm³/mol. The largest absolute Gasteiger partial charge is 0.481 e. The minimum Gasteiger partial charge on any atom is -0.481 e. The third-order valence-corrected chi connectivity index (χ3v) is 3.98. The van der Waals surface area contributed by atoms with Crippen LogP contribution in [-0.4, -0.2) is 44.1 Å². The number of carboxylic acids is 1. The van der Waals surface area contributed by atoms with Crippen molar-refractivity contribution in [3.05, 3.63) is 10.6 Å². The zero-order valence-electron chi connectivity index (χ0n) is 11.0. The molecule has 1 aliphatic carbocycles. The molecule has 2 rings (SSSR count). The number of aryl methyl sites for hydroxylation is 1.